The standard InChI is InChI=1S/C12H16ClNS/c1-15-12-6-2-5-11(13)10(12)8-9-4-3-7-14-9/h2,5-6,9,14H,3-4,7-8H2,1H3. The molecule has 15 heavy (non-hydrogen) atoms. The largest absolute Gasteiger partial charge is 0.314 e. The molecule has 0 radical (unpaired) electrons. The molecule has 1 saturated heterocycles. The molecule has 1 aromatic rings. The van der Waals surface area contributed by atoms with Crippen LogP contribution in [0.1, 0.15) is 18.4 Å². The summed E-state index contributed by atoms with van der Waals surface area (Å²) in [6, 6.07) is 6.79. The fourth-order valence-electron chi connectivity index (χ4n) is 2.11. The van der Waals surface area contributed by atoms with E-state index < -0.39 is 0 Å². The summed E-state index contributed by atoms with van der Waals surface area (Å²) in [7, 11) is 0. The van der Waals surface area contributed by atoms with Gasteiger partial charge >= 0.3 is 0 Å². The zero-order chi connectivity index (χ0) is 10.7. The summed E-state index contributed by atoms with van der Waals surface area (Å²) < 4.78 is 0. The quantitative estimate of drug-likeness (QED) is 0.815. The van der Waals surface area contributed by atoms with Crippen molar-refractivity contribution in [2.75, 3.05) is 12.8 Å². The zero-order valence-corrected chi connectivity index (χ0v) is 10.5. The van der Waals surface area contributed by atoms with Gasteiger partial charge in [-0.25, -0.2) is 0 Å². The van der Waals surface area contributed by atoms with Crippen molar-refractivity contribution in [3.05, 3.63) is 28.8 Å². The minimum atomic E-state index is 0.621. The molecule has 1 nitrogen and oxygen atoms in total. The predicted molar refractivity (Wildman–Crippen MR) is 68.0 cm³/mol. The number of benzene rings is 1. The molecule has 1 aromatic carbocycles. The Kier molecular flexibility index (Phi) is 3.95. The molecule has 0 aromatic heterocycles. The van der Waals surface area contributed by atoms with Crippen LogP contribution in [0.5, 0.6) is 0 Å². The molecule has 1 fully saturated rings. The van der Waals surface area contributed by atoms with Crippen LogP contribution in [-0.2, 0) is 6.42 Å². The first-order chi connectivity index (χ1) is 7.31. The first kappa shape index (κ1) is 11.3. The smallest absolute Gasteiger partial charge is 0.0449 e. The molecule has 1 unspecified atom stereocenters. The van der Waals surface area contributed by atoms with Crippen molar-refractivity contribution in [1.29, 1.82) is 0 Å². The third kappa shape index (κ3) is 2.68. The van der Waals surface area contributed by atoms with Crippen molar-refractivity contribution in [2.45, 2.75) is 30.2 Å². The van der Waals surface area contributed by atoms with Crippen molar-refractivity contribution in [3.8, 4) is 0 Å². The number of hydrogen-bond donors (Lipinski definition) is 1. The van der Waals surface area contributed by atoms with Crippen molar-refractivity contribution in [1.82, 2.24) is 5.32 Å². The van der Waals surface area contributed by atoms with Crippen molar-refractivity contribution < 1.29 is 0 Å². The summed E-state index contributed by atoms with van der Waals surface area (Å²) in [5.41, 5.74) is 1.31. The summed E-state index contributed by atoms with van der Waals surface area (Å²) in [5, 5.41) is 4.43. The Balaban J connectivity index is 2.17. The summed E-state index contributed by atoms with van der Waals surface area (Å²) in [5.74, 6) is 0. The Bertz CT molecular complexity index is 334. The molecular weight excluding hydrogens is 226 g/mol. The Morgan fingerprint density at radius 1 is 1.53 bits per heavy atom. The lowest BCUT2D eigenvalue weighted by molar-refractivity contribution is 0.599. The summed E-state index contributed by atoms with van der Waals surface area (Å²) in [4.78, 5) is 1.32. The lowest BCUT2D eigenvalue weighted by Crippen LogP contribution is -2.24. The fraction of sp³-hybridized carbons (Fsp3) is 0.500. The summed E-state index contributed by atoms with van der Waals surface area (Å²) >= 11 is 8.03. The highest BCUT2D eigenvalue weighted by Crippen LogP contribution is 2.29. The Labute approximate surface area is 101 Å². The molecule has 2 rings (SSSR count). The Hall–Kier alpha value is -0.180. The van der Waals surface area contributed by atoms with Gasteiger partial charge in [-0.1, -0.05) is 17.7 Å². The van der Waals surface area contributed by atoms with Crippen LogP contribution in [0.4, 0.5) is 0 Å². The molecule has 1 aliphatic rings. The van der Waals surface area contributed by atoms with Gasteiger partial charge in [-0.2, -0.15) is 0 Å². The molecule has 82 valence electrons. The van der Waals surface area contributed by atoms with Gasteiger partial charge in [-0.15, -0.1) is 11.8 Å². The van der Waals surface area contributed by atoms with E-state index in [2.05, 4.69) is 17.6 Å². The van der Waals surface area contributed by atoms with Crippen molar-refractivity contribution in [2.24, 2.45) is 0 Å². The molecule has 0 aliphatic carbocycles. The van der Waals surface area contributed by atoms with E-state index in [1.165, 1.54) is 23.3 Å². The van der Waals surface area contributed by atoms with E-state index in [-0.39, 0.29) is 0 Å². The zero-order valence-electron chi connectivity index (χ0n) is 8.92. The maximum atomic E-state index is 6.25. The highest BCUT2D eigenvalue weighted by molar-refractivity contribution is 7.98. The second-order valence-electron chi connectivity index (χ2n) is 3.92. The summed E-state index contributed by atoms with van der Waals surface area (Å²) in [6.07, 6.45) is 5.75. The van der Waals surface area contributed by atoms with Gasteiger partial charge in [0.05, 0.1) is 0 Å². The first-order valence-electron chi connectivity index (χ1n) is 5.36. The second kappa shape index (κ2) is 5.24. The molecule has 1 atom stereocenters. The SMILES string of the molecule is CSc1cccc(Cl)c1CC1CCCN1. The molecule has 0 saturated carbocycles. The molecule has 0 amide bonds. The summed E-state index contributed by atoms with van der Waals surface area (Å²) in [6.45, 7) is 1.16. The van der Waals surface area contributed by atoms with Crippen LogP contribution in [0, 0.1) is 0 Å². The van der Waals surface area contributed by atoms with Crippen LogP contribution >= 0.6 is 23.4 Å². The monoisotopic (exact) mass is 241 g/mol. The second-order valence-corrected chi connectivity index (χ2v) is 5.17. The van der Waals surface area contributed by atoms with E-state index in [1.54, 1.807) is 11.8 Å². The Morgan fingerprint density at radius 3 is 3.07 bits per heavy atom. The van der Waals surface area contributed by atoms with Gasteiger partial charge in [-0.05, 0) is 49.8 Å². The van der Waals surface area contributed by atoms with Crippen molar-refractivity contribution in [3.63, 3.8) is 0 Å². The number of hydrogen-bond acceptors (Lipinski definition) is 2. The van der Waals surface area contributed by atoms with Crippen LogP contribution in [0.2, 0.25) is 5.02 Å². The van der Waals surface area contributed by atoms with E-state index in [0.717, 1.165) is 18.0 Å². The molecule has 3 heteroatoms. The highest BCUT2D eigenvalue weighted by Gasteiger charge is 2.17. The molecule has 1 heterocycles. The van der Waals surface area contributed by atoms with Crippen LogP contribution in [-0.4, -0.2) is 18.8 Å². The number of thioether (sulfide) groups is 1. The molecular formula is C12H16ClNS. The normalized spacial score (nSPS) is 20.8. The van der Waals surface area contributed by atoms with Gasteiger partial charge < -0.3 is 5.32 Å². The number of rotatable bonds is 3. The van der Waals surface area contributed by atoms with Crippen LogP contribution in [0.15, 0.2) is 23.1 Å². The average molecular weight is 242 g/mol. The molecule has 1 aliphatic heterocycles. The maximum absolute atomic E-state index is 6.25. The van der Waals surface area contributed by atoms with E-state index in [1.807, 2.05) is 12.1 Å². The van der Waals surface area contributed by atoms with E-state index in [0.29, 0.717) is 6.04 Å². The lowest BCUT2D eigenvalue weighted by atomic mass is 10.0. The van der Waals surface area contributed by atoms with E-state index in [9.17, 15) is 0 Å². The lowest BCUT2D eigenvalue weighted by Gasteiger charge is -2.14. The number of nitrogens with one attached hydrogen (secondary N) is 1. The maximum Gasteiger partial charge on any atom is 0.0449 e. The average Bonchev–Trinajstić information content (AvgIpc) is 2.74. The minimum Gasteiger partial charge on any atom is -0.314 e. The van der Waals surface area contributed by atoms with Gasteiger partial charge in [0.2, 0.25) is 0 Å². The van der Waals surface area contributed by atoms with Gasteiger partial charge in [-0.3, -0.25) is 0 Å². The van der Waals surface area contributed by atoms with Crippen LogP contribution in [0.3, 0.4) is 0 Å². The predicted octanol–water partition coefficient (Wildman–Crippen LogP) is 3.36. The molecule has 0 bridgehead atoms. The minimum absolute atomic E-state index is 0.621. The van der Waals surface area contributed by atoms with Crippen molar-refractivity contribution >= 4 is 23.4 Å². The Morgan fingerprint density at radius 2 is 2.40 bits per heavy atom. The van der Waals surface area contributed by atoms with Gasteiger partial charge in [0.15, 0.2) is 0 Å². The van der Waals surface area contributed by atoms with Crippen LogP contribution in [0.25, 0.3) is 0 Å². The molecule has 1 N–H and O–H groups in total. The first-order valence-corrected chi connectivity index (χ1v) is 6.96. The van der Waals surface area contributed by atoms with Gasteiger partial charge in [0, 0.05) is 16.0 Å². The van der Waals surface area contributed by atoms with Gasteiger partial charge in [0.1, 0.15) is 0 Å². The third-order valence-corrected chi connectivity index (χ3v) is 4.09. The number of halogens is 1. The van der Waals surface area contributed by atoms with Crippen LogP contribution < -0.4 is 5.32 Å². The van der Waals surface area contributed by atoms with Gasteiger partial charge in [0.25, 0.3) is 0 Å². The third-order valence-electron chi connectivity index (χ3n) is 2.91. The highest BCUT2D eigenvalue weighted by atomic mass is 35.5. The van der Waals surface area contributed by atoms with E-state index in [4.69, 9.17) is 11.6 Å². The molecule has 0 spiro atoms. The fourth-order valence-corrected chi connectivity index (χ4v) is 3.07. The van der Waals surface area contributed by atoms with E-state index >= 15 is 0 Å². The topological polar surface area (TPSA) is 12.0 Å².